The maximum Gasteiger partial charge on any atom is 0.258 e. The van der Waals surface area contributed by atoms with Crippen LogP contribution in [0.3, 0.4) is 0 Å². The van der Waals surface area contributed by atoms with Crippen LogP contribution in [0.4, 0.5) is 5.95 Å². The van der Waals surface area contributed by atoms with Gasteiger partial charge in [0.05, 0.1) is 0 Å². The van der Waals surface area contributed by atoms with Gasteiger partial charge in [0.1, 0.15) is 5.82 Å². The smallest absolute Gasteiger partial charge is 0.232 e. The average molecular weight is 138 g/mol. The Balaban J connectivity index is 3.14. The highest BCUT2D eigenvalue weighted by molar-refractivity contribution is 5.40. The molecule has 0 aliphatic rings. The Bertz CT molecular complexity index is 284. The van der Waals surface area contributed by atoms with E-state index in [0.29, 0.717) is 5.82 Å². The number of hydrogen-bond acceptors (Lipinski definition) is 4. The largest absolute Gasteiger partial charge is 0.258 e. The summed E-state index contributed by atoms with van der Waals surface area (Å²) in [5, 5.41) is 3.86. The predicted molar refractivity (Wildman–Crippen MR) is 33.5 cm³/mol. The van der Waals surface area contributed by atoms with Crippen molar-refractivity contribution in [1.29, 1.82) is 0 Å². The van der Waals surface area contributed by atoms with Crippen LogP contribution in [0.1, 0.15) is 5.82 Å². The maximum atomic E-state index is 9.76. The number of aliphatic imine (C=N–C) groups is 1. The third kappa shape index (κ3) is 1.09. The fraction of sp³-hybridized carbons (Fsp3) is 0.400. The van der Waals surface area contributed by atoms with Gasteiger partial charge in [0.25, 0.3) is 5.95 Å². The Morgan fingerprint density at radius 3 is 2.80 bits per heavy atom. The fourth-order valence-corrected chi connectivity index (χ4v) is 0.639. The molecule has 52 valence electrons. The predicted octanol–water partition coefficient (Wildman–Crippen LogP) is 0.0908. The second-order valence-electron chi connectivity index (χ2n) is 1.79. The van der Waals surface area contributed by atoms with Gasteiger partial charge in [-0.1, -0.05) is 0 Å². The molecule has 0 atom stereocenters. The van der Waals surface area contributed by atoms with Crippen LogP contribution in [0.2, 0.25) is 0 Å². The van der Waals surface area contributed by atoms with E-state index in [9.17, 15) is 4.79 Å². The Hall–Kier alpha value is -1.48. The maximum absolute atomic E-state index is 9.76. The molecular formula is C5H6N4O. The molecular weight excluding hydrogens is 132 g/mol. The van der Waals surface area contributed by atoms with E-state index in [4.69, 9.17) is 0 Å². The van der Waals surface area contributed by atoms with Crippen molar-refractivity contribution in [3.63, 3.8) is 0 Å². The van der Waals surface area contributed by atoms with Gasteiger partial charge in [-0.25, -0.2) is 9.48 Å². The lowest BCUT2D eigenvalue weighted by atomic mass is 10.7. The molecule has 0 aromatic carbocycles. The first-order valence-electron chi connectivity index (χ1n) is 2.69. The van der Waals surface area contributed by atoms with Gasteiger partial charge >= 0.3 is 0 Å². The molecule has 0 saturated heterocycles. The van der Waals surface area contributed by atoms with E-state index in [0.717, 1.165) is 0 Å². The minimum absolute atomic E-state index is 0.285. The fourth-order valence-electron chi connectivity index (χ4n) is 0.639. The number of aromatic nitrogens is 3. The van der Waals surface area contributed by atoms with Gasteiger partial charge < -0.3 is 0 Å². The quantitative estimate of drug-likeness (QED) is 0.408. The van der Waals surface area contributed by atoms with Crippen molar-refractivity contribution in [1.82, 2.24) is 14.8 Å². The monoisotopic (exact) mass is 138 g/mol. The molecule has 5 nitrogen and oxygen atoms in total. The molecule has 0 N–H and O–H groups in total. The molecule has 10 heavy (non-hydrogen) atoms. The Labute approximate surface area is 57.4 Å². The van der Waals surface area contributed by atoms with Crippen LogP contribution in [-0.4, -0.2) is 20.8 Å². The zero-order valence-corrected chi connectivity index (χ0v) is 5.70. The van der Waals surface area contributed by atoms with Gasteiger partial charge in [-0.3, -0.25) is 0 Å². The van der Waals surface area contributed by atoms with Gasteiger partial charge in [0.2, 0.25) is 6.08 Å². The van der Waals surface area contributed by atoms with E-state index in [1.54, 1.807) is 14.0 Å². The first-order chi connectivity index (χ1) is 4.74. The highest BCUT2D eigenvalue weighted by atomic mass is 16.1. The molecule has 0 aliphatic carbocycles. The number of nitrogens with zero attached hydrogens (tertiary/aromatic N) is 4. The van der Waals surface area contributed by atoms with Crippen molar-refractivity contribution in [3.05, 3.63) is 5.82 Å². The van der Waals surface area contributed by atoms with Crippen molar-refractivity contribution >= 4 is 12.0 Å². The lowest BCUT2D eigenvalue weighted by Crippen LogP contribution is -1.88. The molecule has 0 bridgehead atoms. The van der Waals surface area contributed by atoms with Crippen molar-refractivity contribution in [2.45, 2.75) is 6.92 Å². The highest BCUT2D eigenvalue weighted by Gasteiger charge is 1.99. The number of rotatable bonds is 1. The highest BCUT2D eigenvalue weighted by Crippen LogP contribution is 2.03. The molecule has 0 amide bonds. The molecule has 1 aromatic heterocycles. The molecule has 5 heteroatoms. The minimum Gasteiger partial charge on any atom is -0.232 e. The summed E-state index contributed by atoms with van der Waals surface area (Å²) in [6, 6.07) is 0. The van der Waals surface area contributed by atoms with E-state index in [1.165, 1.54) is 10.8 Å². The van der Waals surface area contributed by atoms with E-state index in [2.05, 4.69) is 15.1 Å². The van der Waals surface area contributed by atoms with Crippen LogP contribution in [0.15, 0.2) is 4.99 Å². The van der Waals surface area contributed by atoms with Gasteiger partial charge in [0, 0.05) is 7.05 Å². The Morgan fingerprint density at radius 1 is 1.70 bits per heavy atom. The van der Waals surface area contributed by atoms with Crippen LogP contribution in [0.5, 0.6) is 0 Å². The SMILES string of the molecule is Cc1nc(N=C=O)n(C)n1. The van der Waals surface area contributed by atoms with Gasteiger partial charge in [0.15, 0.2) is 0 Å². The topological polar surface area (TPSA) is 60.1 Å². The summed E-state index contributed by atoms with van der Waals surface area (Å²) < 4.78 is 1.42. The lowest BCUT2D eigenvalue weighted by Gasteiger charge is -1.84. The lowest BCUT2D eigenvalue weighted by molar-refractivity contribution is 0.564. The van der Waals surface area contributed by atoms with Crippen molar-refractivity contribution in [2.75, 3.05) is 0 Å². The van der Waals surface area contributed by atoms with Crippen molar-refractivity contribution in [3.8, 4) is 0 Å². The number of isocyanates is 1. The summed E-state index contributed by atoms with van der Waals surface area (Å²) >= 11 is 0. The zero-order valence-electron chi connectivity index (χ0n) is 5.70. The van der Waals surface area contributed by atoms with Crippen molar-refractivity contribution < 1.29 is 4.79 Å². The molecule has 1 rings (SSSR count). The molecule has 0 unspecified atom stereocenters. The summed E-state index contributed by atoms with van der Waals surface area (Å²) in [6.07, 6.45) is 1.39. The standard InChI is InChI=1S/C5H6N4O/c1-4-7-5(6-3-10)9(2)8-4/h1-2H3. The second-order valence-corrected chi connectivity index (χ2v) is 1.79. The van der Waals surface area contributed by atoms with E-state index in [1.807, 2.05) is 0 Å². The molecule has 1 heterocycles. The molecule has 0 aliphatic heterocycles. The normalized spacial score (nSPS) is 9.00. The third-order valence-corrected chi connectivity index (χ3v) is 0.992. The van der Waals surface area contributed by atoms with Gasteiger partial charge in [-0.15, -0.1) is 4.99 Å². The molecule has 0 spiro atoms. The third-order valence-electron chi connectivity index (χ3n) is 0.992. The van der Waals surface area contributed by atoms with Crippen LogP contribution in [0.25, 0.3) is 0 Å². The average Bonchev–Trinajstić information content (AvgIpc) is 2.13. The number of carbonyl (C=O) groups excluding carboxylic acids is 1. The molecule has 0 saturated carbocycles. The Morgan fingerprint density at radius 2 is 2.40 bits per heavy atom. The minimum atomic E-state index is 0.285. The van der Waals surface area contributed by atoms with Crippen molar-refractivity contribution in [2.24, 2.45) is 12.0 Å². The van der Waals surface area contributed by atoms with E-state index < -0.39 is 0 Å². The van der Waals surface area contributed by atoms with Crippen LogP contribution < -0.4 is 0 Å². The Kier molecular flexibility index (Phi) is 1.60. The molecule has 1 aromatic rings. The van der Waals surface area contributed by atoms with Crippen LogP contribution >= 0.6 is 0 Å². The first kappa shape index (κ1) is 6.64. The summed E-state index contributed by atoms with van der Waals surface area (Å²) in [5.74, 6) is 0.879. The van der Waals surface area contributed by atoms with E-state index in [-0.39, 0.29) is 5.95 Å². The first-order valence-corrected chi connectivity index (χ1v) is 2.69. The summed E-state index contributed by atoms with van der Waals surface area (Å²) in [4.78, 5) is 16.9. The van der Waals surface area contributed by atoms with Gasteiger partial charge in [-0.05, 0) is 6.92 Å². The summed E-state index contributed by atoms with van der Waals surface area (Å²) in [6.45, 7) is 1.73. The second kappa shape index (κ2) is 2.41. The number of aryl methyl sites for hydroxylation is 2. The molecule has 0 radical (unpaired) electrons. The van der Waals surface area contributed by atoms with E-state index >= 15 is 0 Å². The molecule has 0 fully saturated rings. The summed E-state index contributed by atoms with van der Waals surface area (Å²) in [7, 11) is 1.66. The number of hydrogen-bond donors (Lipinski definition) is 0. The van der Waals surface area contributed by atoms with Crippen LogP contribution in [-0.2, 0) is 11.8 Å². The van der Waals surface area contributed by atoms with Gasteiger partial charge in [-0.2, -0.15) is 10.1 Å². The summed E-state index contributed by atoms with van der Waals surface area (Å²) in [5.41, 5.74) is 0. The van der Waals surface area contributed by atoms with Crippen LogP contribution in [0, 0.1) is 6.92 Å². The zero-order chi connectivity index (χ0) is 7.56.